The third-order valence-corrected chi connectivity index (χ3v) is 5.96. The van der Waals surface area contributed by atoms with Crippen LogP contribution < -0.4 is 4.72 Å². The highest BCUT2D eigenvalue weighted by Gasteiger charge is 2.22. The van der Waals surface area contributed by atoms with Gasteiger partial charge in [-0.2, -0.15) is 0 Å². The highest BCUT2D eigenvalue weighted by molar-refractivity contribution is 9.09. The smallest absolute Gasteiger partial charge is 0.259 e. The van der Waals surface area contributed by atoms with Gasteiger partial charge in [0.15, 0.2) is 5.03 Å². The van der Waals surface area contributed by atoms with Crippen molar-refractivity contribution < 1.29 is 8.42 Å². The zero-order valence-electron chi connectivity index (χ0n) is 12.6. The van der Waals surface area contributed by atoms with Gasteiger partial charge in [0, 0.05) is 24.1 Å². The highest BCUT2D eigenvalue weighted by Crippen LogP contribution is 2.20. The number of aryl methyl sites for hydroxylation is 2. The maximum atomic E-state index is 12.2. The molecule has 0 amide bonds. The van der Waals surface area contributed by atoms with Gasteiger partial charge < -0.3 is 4.57 Å². The minimum Gasteiger partial charge on any atom is -0.334 e. The maximum Gasteiger partial charge on any atom is 0.259 e. The summed E-state index contributed by atoms with van der Waals surface area (Å²) in [5.74, 6) is 1.18. The van der Waals surface area contributed by atoms with Crippen LogP contribution in [0.3, 0.4) is 0 Å². The molecule has 0 aliphatic carbocycles. The lowest BCUT2D eigenvalue weighted by molar-refractivity contribution is 0.470. The summed E-state index contributed by atoms with van der Waals surface area (Å²) in [6, 6.07) is 0. The second-order valence-electron chi connectivity index (χ2n) is 4.86. The molecule has 7 heteroatoms. The van der Waals surface area contributed by atoms with Gasteiger partial charge in [0.2, 0.25) is 0 Å². The summed E-state index contributed by atoms with van der Waals surface area (Å²) in [7, 11) is -3.53. The molecule has 0 bridgehead atoms. The third-order valence-electron chi connectivity index (χ3n) is 3.60. The molecule has 0 saturated heterocycles. The number of halogens is 1. The van der Waals surface area contributed by atoms with Gasteiger partial charge in [-0.05, 0) is 19.8 Å². The predicted molar refractivity (Wildman–Crippen MR) is 84.6 cm³/mol. The number of imidazole rings is 1. The minimum absolute atomic E-state index is 0.0982. The van der Waals surface area contributed by atoms with Crippen molar-refractivity contribution in [2.45, 2.75) is 56.9 Å². The number of alkyl halides is 1. The van der Waals surface area contributed by atoms with Crippen molar-refractivity contribution in [1.82, 2.24) is 14.3 Å². The molecular formula is C13H24BrN3O2S. The van der Waals surface area contributed by atoms with Gasteiger partial charge in [-0.3, -0.25) is 0 Å². The van der Waals surface area contributed by atoms with Crippen LogP contribution in [0.2, 0.25) is 0 Å². The first-order valence-corrected chi connectivity index (χ1v) is 9.43. The van der Waals surface area contributed by atoms with Crippen molar-refractivity contribution in [1.29, 1.82) is 0 Å². The molecule has 1 rings (SSSR count). The Bertz CT molecular complexity index is 524. The normalized spacial score (nSPS) is 13.9. The van der Waals surface area contributed by atoms with Crippen LogP contribution in [0, 0.1) is 12.8 Å². The van der Waals surface area contributed by atoms with E-state index in [2.05, 4.69) is 39.5 Å². The van der Waals surface area contributed by atoms with Crippen molar-refractivity contribution in [2.75, 3.05) is 6.54 Å². The Kier molecular flexibility index (Phi) is 6.68. The molecule has 116 valence electrons. The van der Waals surface area contributed by atoms with Gasteiger partial charge in [0.1, 0.15) is 5.82 Å². The Labute approximate surface area is 130 Å². The quantitative estimate of drug-likeness (QED) is 0.720. The Morgan fingerprint density at radius 2 is 1.95 bits per heavy atom. The van der Waals surface area contributed by atoms with E-state index in [4.69, 9.17) is 0 Å². The largest absolute Gasteiger partial charge is 0.334 e. The summed E-state index contributed by atoms with van der Waals surface area (Å²) in [5.41, 5.74) is 0. The van der Waals surface area contributed by atoms with Gasteiger partial charge >= 0.3 is 0 Å². The highest BCUT2D eigenvalue weighted by atomic mass is 79.9. The topological polar surface area (TPSA) is 64.0 Å². The molecule has 0 spiro atoms. The molecule has 0 aliphatic rings. The standard InChI is InChI=1S/C13H24BrN3O2S/c1-5-11(6-2)12(14)8-15-20(18,19)13-9-17(7-3)10(4)16-13/h9,11-12,15H,5-8H2,1-4H3. The van der Waals surface area contributed by atoms with Gasteiger partial charge in [-0.25, -0.2) is 18.1 Å². The lowest BCUT2D eigenvalue weighted by Crippen LogP contribution is -2.33. The summed E-state index contributed by atoms with van der Waals surface area (Å²) in [6.07, 6.45) is 3.63. The van der Waals surface area contributed by atoms with Crippen molar-refractivity contribution in [3.8, 4) is 0 Å². The monoisotopic (exact) mass is 365 g/mol. The Morgan fingerprint density at radius 1 is 1.35 bits per heavy atom. The fourth-order valence-corrected chi connectivity index (χ4v) is 4.35. The second kappa shape index (κ2) is 7.56. The fraction of sp³-hybridized carbons (Fsp3) is 0.769. The zero-order valence-corrected chi connectivity index (χ0v) is 15.0. The predicted octanol–water partition coefficient (Wildman–Crippen LogP) is 2.69. The fourth-order valence-electron chi connectivity index (χ4n) is 2.16. The first-order chi connectivity index (χ1) is 9.35. The van der Waals surface area contributed by atoms with E-state index in [1.165, 1.54) is 0 Å². The van der Waals surface area contributed by atoms with Crippen LogP contribution in [0.25, 0.3) is 0 Å². The molecule has 0 fully saturated rings. The molecular weight excluding hydrogens is 342 g/mol. The Morgan fingerprint density at radius 3 is 2.40 bits per heavy atom. The lowest BCUT2D eigenvalue weighted by Gasteiger charge is -2.19. The SMILES string of the molecule is CCC(CC)C(Br)CNS(=O)(=O)c1cn(CC)c(C)n1. The van der Waals surface area contributed by atoms with Crippen LogP contribution in [0.15, 0.2) is 11.2 Å². The molecule has 0 radical (unpaired) electrons. The van der Waals surface area contributed by atoms with E-state index in [0.29, 0.717) is 24.8 Å². The maximum absolute atomic E-state index is 12.2. The van der Waals surface area contributed by atoms with Gasteiger partial charge in [0.25, 0.3) is 10.0 Å². The summed E-state index contributed by atoms with van der Waals surface area (Å²) < 4.78 is 28.9. The number of sulfonamides is 1. The summed E-state index contributed by atoms with van der Waals surface area (Å²) in [4.78, 5) is 4.25. The van der Waals surface area contributed by atoms with E-state index in [9.17, 15) is 8.42 Å². The van der Waals surface area contributed by atoms with Crippen LogP contribution in [-0.4, -0.2) is 29.3 Å². The molecule has 20 heavy (non-hydrogen) atoms. The molecule has 0 saturated carbocycles. The van der Waals surface area contributed by atoms with Gasteiger partial charge in [-0.1, -0.05) is 42.6 Å². The molecule has 1 N–H and O–H groups in total. The zero-order chi connectivity index (χ0) is 15.3. The van der Waals surface area contributed by atoms with Crippen LogP contribution in [0.1, 0.15) is 39.4 Å². The van der Waals surface area contributed by atoms with Crippen molar-refractivity contribution in [2.24, 2.45) is 5.92 Å². The van der Waals surface area contributed by atoms with Crippen molar-refractivity contribution in [3.05, 3.63) is 12.0 Å². The molecule has 0 aromatic carbocycles. The van der Waals surface area contributed by atoms with E-state index >= 15 is 0 Å². The van der Waals surface area contributed by atoms with Gasteiger partial charge in [-0.15, -0.1) is 0 Å². The van der Waals surface area contributed by atoms with Crippen molar-refractivity contribution >= 4 is 26.0 Å². The van der Waals surface area contributed by atoms with E-state index in [0.717, 1.165) is 12.8 Å². The van der Waals surface area contributed by atoms with Crippen molar-refractivity contribution in [3.63, 3.8) is 0 Å². The van der Waals surface area contributed by atoms with Crippen LogP contribution >= 0.6 is 15.9 Å². The molecule has 5 nitrogen and oxygen atoms in total. The summed E-state index contributed by atoms with van der Waals surface area (Å²) >= 11 is 3.57. The second-order valence-corrected chi connectivity index (χ2v) is 7.75. The molecule has 1 atom stereocenters. The molecule has 0 aliphatic heterocycles. The number of hydrogen-bond acceptors (Lipinski definition) is 3. The van der Waals surface area contributed by atoms with E-state index in [1.54, 1.807) is 13.1 Å². The third kappa shape index (κ3) is 4.30. The number of nitrogens with zero attached hydrogens (tertiary/aromatic N) is 2. The Balaban J connectivity index is 2.75. The van der Waals surface area contributed by atoms with Crippen LogP contribution in [-0.2, 0) is 16.6 Å². The molecule has 1 aromatic heterocycles. The number of hydrogen-bond donors (Lipinski definition) is 1. The average molecular weight is 366 g/mol. The van der Waals surface area contributed by atoms with E-state index < -0.39 is 10.0 Å². The number of nitrogens with one attached hydrogen (secondary N) is 1. The number of aromatic nitrogens is 2. The summed E-state index contributed by atoms with van der Waals surface area (Å²) in [5, 5.41) is 0.0982. The number of rotatable bonds is 8. The van der Waals surface area contributed by atoms with E-state index in [-0.39, 0.29) is 9.85 Å². The molecule has 1 heterocycles. The first-order valence-electron chi connectivity index (χ1n) is 7.03. The van der Waals surface area contributed by atoms with E-state index in [1.807, 2.05) is 11.5 Å². The van der Waals surface area contributed by atoms with Gasteiger partial charge in [0.05, 0.1) is 0 Å². The van der Waals surface area contributed by atoms with Crippen LogP contribution in [0.4, 0.5) is 0 Å². The lowest BCUT2D eigenvalue weighted by atomic mass is 10.00. The van der Waals surface area contributed by atoms with Crippen LogP contribution in [0.5, 0.6) is 0 Å². The molecule has 1 unspecified atom stereocenters. The molecule has 1 aromatic rings. The summed E-state index contributed by atoms with van der Waals surface area (Å²) in [6.45, 7) is 9.09. The Hall–Kier alpha value is -0.400. The minimum atomic E-state index is -3.53. The average Bonchev–Trinajstić information content (AvgIpc) is 2.80. The first kappa shape index (κ1) is 17.7.